The molecule has 1 aliphatic rings. The average molecular weight is 588 g/mol. The molecular weight excluding hydrogens is 564 g/mol. The summed E-state index contributed by atoms with van der Waals surface area (Å²) < 4.78 is 88.5. The lowest BCUT2D eigenvalue weighted by molar-refractivity contribution is -0.137. The molecule has 0 bridgehead atoms. The number of amides is 1. The van der Waals surface area contributed by atoms with Gasteiger partial charge in [-0.3, -0.25) is 9.59 Å². The molecule has 2 aromatic carbocycles. The summed E-state index contributed by atoms with van der Waals surface area (Å²) in [5.41, 5.74) is -4.45. The van der Waals surface area contributed by atoms with E-state index in [2.05, 4.69) is 10.3 Å². The number of benzene rings is 2. The van der Waals surface area contributed by atoms with E-state index >= 15 is 4.39 Å². The van der Waals surface area contributed by atoms with E-state index in [1.807, 2.05) is 23.2 Å². The monoisotopic (exact) mass is 587 g/mol. The molecule has 40 heavy (non-hydrogen) atoms. The van der Waals surface area contributed by atoms with E-state index in [9.17, 15) is 31.5 Å². The zero-order valence-corrected chi connectivity index (χ0v) is 21.6. The van der Waals surface area contributed by atoms with Crippen molar-refractivity contribution >= 4 is 17.5 Å². The van der Waals surface area contributed by atoms with Crippen LogP contribution in [0.3, 0.4) is 0 Å². The molecule has 3 aromatic rings. The number of aromatic nitrogens is 2. The molecule has 6 nitrogen and oxygen atoms in total. The first-order valence-corrected chi connectivity index (χ1v) is 12.7. The van der Waals surface area contributed by atoms with Crippen LogP contribution in [-0.2, 0) is 28.9 Å². The number of nitrogens with zero attached hydrogens (tertiary/aromatic N) is 1. The van der Waals surface area contributed by atoms with Gasteiger partial charge in [-0.25, -0.2) is 18.2 Å². The average Bonchev–Trinajstić information content (AvgIpc) is 2.91. The molecule has 214 valence electrons. The van der Waals surface area contributed by atoms with E-state index in [1.54, 1.807) is 6.07 Å². The van der Waals surface area contributed by atoms with E-state index < -0.39 is 65.0 Å². The summed E-state index contributed by atoms with van der Waals surface area (Å²) in [6.45, 7) is -0.130. The maximum absolute atomic E-state index is 15.4. The predicted molar refractivity (Wildman–Crippen MR) is 134 cm³/mol. The molecule has 0 radical (unpaired) electrons. The van der Waals surface area contributed by atoms with Crippen LogP contribution >= 0.6 is 11.6 Å². The second-order valence-electron chi connectivity index (χ2n) is 9.37. The van der Waals surface area contributed by atoms with Crippen molar-refractivity contribution in [1.82, 2.24) is 15.3 Å². The number of hydrogen-bond donors (Lipinski definition) is 2. The number of aromatic amines is 1. The molecule has 1 aromatic heterocycles. The molecule has 4 rings (SSSR count). The fraction of sp³-hybridized carbons (Fsp3) is 0.370. The Labute approximate surface area is 229 Å². The van der Waals surface area contributed by atoms with Crippen molar-refractivity contribution in [2.24, 2.45) is 5.92 Å². The normalized spacial score (nSPS) is 17.7. The number of H-pyrrole nitrogens is 1. The topological polar surface area (TPSA) is 84.1 Å². The van der Waals surface area contributed by atoms with Gasteiger partial charge in [0.2, 0.25) is 5.91 Å². The van der Waals surface area contributed by atoms with Crippen LogP contribution in [0.5, 0.6) is 0 Å². The number of hydrogen-bond acceptors (Lipinski definition) is 4. The van der Waals surface area contributed by atoms with Crippen molar-refractivity contribution < 1.29 is 35.9 Å². The van der Waals surface area contributed by atoms with Gasteiger partial charge in [0.25, 0.3) is 12.0 Å². The van der Waals surface area contributed by atoms with Crippen molar-refractivity contribution in [1.29, 1.82) is 0 Å². The Kier molecular flexibility index (Phi) is 9.19. The van der Waals surface area contributed by atoms with Gasteiger partial charge in [0.05, 0.1) is 23.8 Å². The molecule has 13 heteroatoms. The predicted octanol–water partition coefficient (Wildman–Crippen LogP) is 6.58. The van der Waals surface area contributed by atoms with Crippen molar-refractivity contribution in [2.45, 2.75) is 57.5 Å². The molecule has 1 amide bonds. The van der Waals surface area contributed by atoms with E-state index in [1.165, 1.54) is 0 Å². The third-order valence-corrected chi connectivity index (χ3v) is 7.05. The van der Waals surface area contributed by atoms with Crippen LogP contribution < -0.4 is 10.9 Å². The Morgan fingerprint density at radius 3 is 2.45 bits per heavy atom. The molecule has 1 aliphatic carbocycles. The van der Waals surface area contributed by atoms with Crippen molar-refractivity contribution in [3.63, 3.8) is 0 Å². The van der Waals surface area contributed by atoms with Gasteiger partial charge in [-0.05, 0) is 43.4 Å². The van der Waals surface area contributed by atoms with Gasteiger partial charge in [0.15, 0.2) is 0 Å². The number of nitrogens with one attached hydrogen (secondary N) is 2. The van der Waals surface area contributed by atoms with Gasteiger partial charge < -0.3 is 15.0 Å². The van der Waals surface area contributed by atoms with Crippen LogP contribution in [0.1, 0.15) is 54.5 Å². The zero-order chi connectivity index (χ0) is 29.0. The summed E-state index contributed by atoms with van der Waals surface area (Å²) >= 11 is 6.14. The maximum atomic E-state index is 15.4. The van der Waals surface area contributed by atoms with E-state index in [0.29, 0.717) is 49.4 Å². The summed E-state index contributed by atoms with van der Waals surface area (Å²) in [6.07, 6.45) is -6.24. The fourth-order valence-corrected chi connectivity index (χ4v) is 4.76. The Bertz CT molecular complexity index is 1420. The van der Waals surface area contributed by atoms with E-state index in [0.717, 1.165) is 11.6 Å². The molecular formula is C27H24ClF6N3O3. The van der Waals surface area contributed by atoms with Crippen molar-refractivity contribution in [2.75, 3.05) is 0 Å². The van der Waals surface area contributed by atoms with Crippen LogP contribution in [0, 0.1) is 11.7 Å². The second kappa shape index (κ2) is 12.4. The van der Waals surface area contributed by atoms with Gasteiger partial charge in [-0.15, -0.1) is 0 Å². The lowest BCUT2D eigenvalue weighted by Crippen LogP contribution is -2.34. The van der Waals surface area contributed by atoms with Gasteiger partial charge in [0.1, 0.15) is 17.3 Å². The second-order valence-corrected chi connectivity index (χ2v) is 9.78. The number of ether oxygens (including phenoxy) is 1. The summed E-state index contributed by atoms with van der Waals surface area (Å²) in [7, 11) is 0. The molecule has 1 fully saturated rings. The minimum Gasteiger partial charge on any atom is -0.373 e. The molecule has 0 unspecified atom stereocenters. The molecule has 1 saturated carbocycles. The number of halogens is 7. The van der Waals surface area contributed by atoms with Gasteiger partial charge in [0, 0.05) is 29.1 Å². The van der Waals surface area contributed by atoms with Gasteiger partial charge in [-0.1, -0.05) is 35.9 Å². The summed E-state index contributed by atoms with van der Waals surface area (Å²) in [5.74, 6) is -3.24. The third-order valence-electron chi connectivity index (χ3n) is 6.68. The first kappa shape index (κ1) is 29.6. The Morgan fingerprint density at radius 2 is 1.80 bits per heavy atom. The van der Waals surface area contributed by atoms with E-state index in [4.69, 9.17) is 16.3 Å². The van der Waals surface area contributed by atoms with Crippen LogP contribution in [0.25, 0.3) is 11.4 Å². The summed E-state index contributed by atoms with van der Waals surface area (Å²) in [6, 6.07) is 9.10. The smallest absolute Gasteiger partial charge is 0.373 e. The summed E-state index contributed by atoms with van der Waals surface area (Å²) in [5, 5.41) is 3.13. The highest BCUT2D eigenvalue weighted by atomic mass is 35.5. The highest BCUT2D eigenvalue weighted by molar-refractivity contribution is 6.31. The number of alkyl halides is 5. The van der Waals surface area contributed by atoms with Gasteiger partial charge in [-0.2, -0.15) is 13.2 Å². The highest BCUT2D eigenvalue weighted by Gasteiger charge is 2.37. The third kappa shape index (κ3) is 7.03. The van der Waals surface area contributed by atoms with Crippen LogP contribution in [0.2, 0.25) is 5.02 Å². The molecule has 0 atom stereocenters. The van der Waals surface area contributed by atoms with Crippen LogP contribution in [0.4, 0.5) is 26.3 Å². The fourth-order valence-electron chi connectivity index (χ4n) is 4.57. The minimum atomic E-state index is -5.08. The first-order chi connectivity index (χ1) is 18.9. The maximum Gasteiger partial charge on any atom is 0.417 e. The molecule has 2 N–H and O–H groups in total. The lowest BCUT2D eigenvalue weighted by Gasteiger charge is -2.28. The molecule has 1 heterocycles. The molecule has 0 aliphatic heterocycles. The lowest BCUT2D eigenvalue weighted by atomic mass is 9.86. The minimum absolute atomic E-state index is 0.0751. The number of rotatable bonds is 8. The number of carbonyl (C=O) groups excluding carboxylic acids is 1. The van der Waals surface area contributed by atoms with Crippen LogP contribution in [0.15, 0.2) is 47.3 Å². The van der Waals surface area contributed by atoms with Crippen molar-refractivity contribution in [3.05, 3.63) is 86.0 Å². The molecule has 0 saturated heterocycles. The molecule has 0 spiro atoms. The Hall–Kier alpha value is -3.38. The quantitative estimate of drug-likeness (QED) is 0.292. The van der Waals surface area contributed by atoms with Crippen molar-refractivity contribution in [3.8, 4) is 11.4 Å². The highest BCUT2D eigenvalue weighted by Crippen LogP contribution is 2.38. The Balaban J connectivity index is 1.43. The van der Waals surface area contributed by atoms with Crippen LogP contribution in [-0.4, -0.2) is 22.0 Å². The largest absolute Gasteiger partial charge is 0.417 e. The zero-order valence-electron chi connectivity index (χ0n) is 20.8. The summed E-state index contributed by atoms with van der Waals surface area (Å²) in [4.78, 5) is 29.8. The Morgan fingerprint density at radius 1 is 1.10 bits per heavy atom. The van der Waals surface area contributed by atoms with E-state index in [-0.39, 0.29) is 11.7 Å². The SMILES string of the molecule is O=c1cc(C(F)F)nc(-c2c(C(F)(F)F)ccc(CNC(=O)[C@H]3CC[C@H](OCc4ccccc4Cl)CC3)c2F)[nH]1. The number of carbonyl (C=O) groups is 1. The standard InChI is InChI=1S/C27H24ClF6N3O3/c28-19-4-2-1-3-16(19)13-40-17-8-5-14(6-9-17)26(39)35-12-15-7-10-18(27(32,33)34)22(23(15)29)25-36-20(24(30)31)11-21(38)37-25/h1-4,7,10-11,14,17,24H,5-6,8-9,12-13H2,(H,35,39)(H,36,37,38)/t14-,17-. The first-order valence-electron chi connectivity index (χ1n) is 12.3. The van der Waals surface area contributed by atoms with Gasteiger partial charge >= 0.3 is 6.18 Å².